The van der Waals surface area contributed by atoms with E-state index in [4.69, 9.17) is 0 Å². The lowest BCUT2D eigenvalue weighted by Gasteiger charge is -2.39. The van der Waals surface area contributed by atoms with Crippen LogP contribution in [0, 0.1) is 13.8 Å². The van der Waals surface area contributed by atoms with Gasteiger partial charge < -0.3 is 9.47 Å². The highest BCUT2D eigenvalue weighted by molar-refractivity contribution is 5.76. The molecule has 164 valence electrons. The lowest BCUT2D eigenvalue weighted by Crippen LogP contribution is -2.50. The Morgan fingerprint density at radius 3 is 2.39 bits per heavy atom. The van der Waals surface area contributed by atoms with Crippen LogP contribution in [0.4, 0.5) is 0 Å². The first kappa shape index (κ1) is 21.3. The van der Waals surface area contributed by atoms with E-state index in [-0.39, 0.29) is 18.0 Å². The van der Waals surface area contributed by atoms with E-state index in [1.807, 2.05) is 48.9 Å². The van der Waals surface area contributed by atoms with Gasteiger partial charge in [-0.3, -0.25) is 14.4 Å². The van der Waals surface area contributed by atoms with Crippen LogP contribution in [-0.4, -0.2) is 61.2 Å². The van der Waals surface area contributed by atoms with E-state index < -0.39 is 0 Å². The lowest BCUT2D eigenvalue weighted by atomic mass is 10.0. The van der Waals surface area contributed by atoms with Gasteiger partial charge in [0.1, 0.15) is 5.82 Å². The van der Waals surface area contributed by atoms with Crippen LogP contribution in [0.2, 0.25) is 0 Å². The molecule has 7 heteroatoms. The number of hydrogen-bond donors (Lipinski definition) is 0. The number of carbonyl (C=O) groups excluding carboxylic acids is 1. The van der Waals surface area contributed by atoms with Crippen molar-refractivity contribution >= 4 is 5.91 Å². The Morgan fingerprint density at radius 1 is 1.10 bits per heavy atom. The Balaban J connectivity index is 1.42. The summed E-state index contributed by atoms with van der Waals surface area (Å²) in [6.07, 6.45) is 4.32. The average molecular weight is 421 g/mol. The molecule has 1 aliphatic heterocycles. The number of amides is 1. The molecule has 0 saturated carbocycles. The molecule has 1 aromatic carbocycles. The molecule has 2 aromatic heterocycles. The van der Waals surface area contributed by atoms with Crippen LogP contribution in [0.3, 0.4) is 0 Å². The van der Waals surface area contributed by atoms with E-state index in [9.17, 15) is 4.79 Å². The largest absolute Gasteiger partial charge is 0.340 e. The van der Waals surface area contributed by atoms with Gasteiger partial charge in [-0.05, 0) is 32.4 Å². The number of rotatable bonds is 6. The fraction of sp³-hybridized carbons (Fsp3) is 0.458. The van der Waals surface area contributed by atoms with Crippen molar-refractivity contribution in [3.05, 3.63) is 71.6 Å². The molecule has 1 saturated heterocycles. The molecule has 7 nitrogen and oxygen atoms in total. The van der Waals surface area contributed by atoms with Crippen LogP contribution < -0.4 is 0 Å². The quantitative estimate of drug-likeness (QED) is 0.615. The molecular weight excluding hydrogens is 388 g/mol. The van der Waals surface area contributed by atoms with Gasteiger partial charge in [0.15, 0.2) is 0 Å². The third kappa shape index (κ3) is 4.56. The van der Waals surface area contributed by atoms with Gasteiger partial charge in [0, 0.05) is 57.7 Å². The number of benzene rings is 1. The maximum atomic E-state index is 13.0. The second-order valence-electron chi connectivity index (χ2n) is 8.55. The second-order valence-corrected chi connectivity index (χ2v) is 8.55. The van der Waals surface area contributed by atoms with Crippen LogP contribution >= 0.6 is 0 Å². The summed E-state index contributed by atoms with van der Waals surface area (Å²) in [6, 6.07) is 12.7. The van der Waals surface area contributed by atoms with Gasteiger partial charge in [0.2, 0.25) is 5.91 Å². The lowest BCUT2D eigenvalue weighted by molar-refractivity contribution is -0.134. The van der Waals surface area contributed by atoms with Gasteiger partial charge in [-0.1, -0.05) is 30.3 Å². The van der Waals surface area contributed by atoms with Crippen molar-refractivity contribution in [2.24, 2.45) is 7.05 Å². The third-order valence-electron chi connectivity index (χ3n) is 6.18. The number of nitrogens with zero attached hydrogens (tertiary/aromatic N) is 6. The second kappa shape index (κ2) is 9.06. The molecule has 31 heavy (non-hydrogen) atoms. The van der Waals surface area contributed by atoms with Crippen LogP contribution in [0.25, 0.3) is 0 Å². The fourth-order valence-electron chi connectivity index (χ4n) is 4.59. The Hall–Kier alpha value is -2.93. The molecule has 1 fully saturated rings. The number of aryl methyl sites for hydroxylation is 3. The van der Waals surface area contributed by atoms with Crippen molar-refractivity contribution in [3.8, 4) is 0 Å². The van der Waals surface area contributed by atoms with Crippen molar-refractivity contribution < 1.29 is 4.79 Å². The van der Waals surface area contributed by atoms with E-state index in [1.54, 1.807) is 0 Å². The first-order valence-electron chi connectivity index (χ1n) is 11.0. The molecule has 0 aliphatic carbocycles. The van der Waals surface area contributed by atoms with Crippen LogP contribution in [-0.2, 0) is 11.8 Å². The minimum Gasteiger partial charge on any atom is -0.340 e. The molecule has 0 N–H and O–H groups in total. The fourth-order valence-corrected chi connectivity index (χ4v) is 4.59. The van der Waals surface area contributed by atoms with Gasteiger partial charge in [-0.2, -0.15) is 5.10 Å². The molecular formula is C24H32N6O. The monoisotopic (exact) mass is 420 g/mol. The molecule has 1 amide bonds. The molecule has 0 radical (unpaired) electrons. The summed E-state index contributed by atoms with van der Waals surface area (Å²) < 4.78 is 4.06. The van der Waals surface area contributed by atoms with Crippen molar-refractivity contribution in [1.29, 1.82) is 0 Å². The summed E-state index contributed by atoms with van der Waals surface area (Å²) in [7, 11) is 2.04. The molecule has 3 heterocycles. The SMILES string of the molecule is Cc1cc(C)n([C@H](C)CC(=O)N2CCN([C@@H](c3ccccc3)c3nccn3C)CC2)n1. The summed E-state index contributed by atoms with van der Waals surface area (Å²) in [5, 5.41) is 4.54. The first-order chi connectivity index (χ1) is 14.9. The minimum absolute atomic E-state index is 0.0591. The molecule has 0 spiro atoms. The molecule has 2 atom stereocenters. The Labute approximate surface area is 184 Å². The van der Waals surface area contributed by atoms with Crippen molar-refractivity contribution in [1.82, 2.24) is 29.1 Å². The smallest absolute Gasteiger partial charge is 0.224 e. The highest BCUT2D eigenvalue weighted by Gasteiger charge is 2.30. The predicted octanol–water partition coefficient (Wildman–Crippen LogP) is 3.12. The Kier molecular flexibility index (Phi) is 6.23. The highest BCUT2D eigenvalue weighted by atomic mass is 16.2. The van der Waals surface area contributed by atoms with Gasteiger partial charge in [0.05, 0.1) is 17.8 Å². The molecule has 0 unspecified atom stereocenters. The number of hydrogen-bond acceptors (Lipinski definition) is 4. The van der Waals surface area contributed by atoms with Crippen molar-refractivity contribution in [2.75, 3.05) is 26.2 Å². The highest BCUT2D eigenvalue weighted by Crippen LogP contribution is 2.28. The van der Waals surface area contributed by atoms with E-state index >= 15 is 0 Å². The first-order valence-corrected chi connectivity index (χ1v) is 11.0. The zero-order chi connectivity index (χ0) is 22.0. The summed E-state index contributed by atoms with van der Waals surface area (Å²) in [5.74, 6) is 1.23. The van der Waals surface area contributed by atoms with E-state index in [0.717, 1.165) is 43.4 Å². The zero-order valence-corrected chi connectivity index (χ0v) is 18.9. The third-order valence-corrected chi connectivity index (χ3v) is 6.18. The van der Waals surface area contributed by atoms with Crippen molar-refractivity contribution in [3.63, 3.8) is 0 Å². The van der Waals surface area contributed by atoms with Gasteiger partial charge in [-0.15, -0.1) is 0 Å². The van der Waals surface area contributed by atoms with E-state index in [0.29, 0.717) is 6.42 Å². The summed E-state index contributed by atoms with van der Waals surface area (Å²) >= 11 is 0. The maximum absolute atomic E-state index is 13.0. The molecule has 1 aliphatic rings. The summed E-state index contributed by atoms with van der Waals surface area (Å²) in [6.45, 7) is 9.22. The number of carbonyl (C=O) groups is 1. The van der Waals surface area contributed by atoms with Gasteiger partial charge in [0.25, 0.3) is 0 Å². The Morgan fingerprint density at radius 2 is 1.81 bits per heavy atom. The normalized spacial score (nSPS) is 17.0. The average Bonchev–Trinajstić information content (AvgIpc) is 3.34. The van der Waals surface area contributed by atoms with E-state index in [2.05, 4.69) is 56.8 Å². The number of imidazole rings is 1. The molecule has 4 rings (SSSR count). The summed E-state index contributed by atoms with van der Waals surface area (Å²) in [5.41, 5.74) is 3.32. The number of aromatic nitrogens is 4. The molecule has 0 bridgehead atoms. The molecule has 3 aromatic rings. The predicted molar refractivity (Wildman–Crippen MR) is 121 cm³/mol. The van der Waals surface area contributed by atoms with E-state index in [1.165, 1.54) is 5.56 Å². The maximum Gasteiger partial charge on any atom is 0.224 e. The summed E-state index contributed by atoms with van der Waals surface area (Å²) in [4.78, 5) is 22.1. The van der Waals surface area contributed by atoms with Crippen LogP contribution in [0.1, 0.15) is 48.2 Å². The van der Waals surface area contributed by atoms with Crippen LogP contribution in [0.15, 0.2) is 48.8 Å². The standard InChI is InChI=1S/C24H32N6O/c1-18-16-19(2)30(26-18)20(3)17-22(31)28-12-14-29(15-13-28)23(21-8-6-5-7-9-21)24-25-10-11-27(24)4/h5-11,16,20,23H,12-15,17H2,1-4H3/t20-,23+/m1/s1. The Bertz CT molecular complexity index is 1020. The minimum atomic E-state index is 0.0591. The van der Waals surface area contributed by atoms with Crippen LogP contribution in [0.5, 0.6) is 0 Å². The topological polar surface area (TPSA) is 59.2 Å². The number of piperazine rings is 1. The van der Waals surface area contributed by atoms with Gasteiger partial charge >= 0.3 is 0 Å². The van der Waals surface area contributed by atoms with Gasteiger partial charge in [-0.25, -0.2) is 4.98 Å². The zero-order valence-electron chi connectivity index (χ0n) is 18.9. The van der Waals surface area contributed by atoms with Crippen molar-refractivity contribution in [2.45, 2.75) is 39.3 Å².